The fourth-order valence-electron chi connectivity index (χ4n) is 1.11. The molecule has 0 saturated carbocycles. The Balaban J connectivity index is 2.49. The summed E-state index contributed by atoms with van der Waals surface area (Å²) in [5.41, 5.74) is 8.23. The Kier molecular flexibility index (Phi) is 2.27. The Bertz CT molecular complexity index is 534. The second kappa shape index (κ2) is 3.60. The molecular formula is C6H9N9O. The molecule has 0 atom stereocenters. The van der Waals surface area contributed by atoms with Crippen molar-refractivity contribution in [2.45, 2.75) is 0 Å². The number of hydrogen-bond donors (Lipinski definition) is 5. The molecule has 0 aliphatic carbocycles. The van der Waals surface area contributed by atoms with E-state index in [4.69, 9.17) is 17.4 Å². The number of anilines is 2. The molecule has 0 radical (unpaired) electrons. The lowest BCUT2D eigenvalue weighted by Gasteiger charge is -2.13. The number of hydrogen-bond acceptors (Lipinski definition) is 7. The van der Waals surface area contributed by atoms with Crippen molar-refractivity contribution in [3.8, 4) is 0 Å². The van der Waals surface area contributed by atoms with Crippen molar-refractivity contribution >= 4 is 29.0 Å². The summed E-state index contributed by atoms with van der Waals surface area (Å²) in [7, 11) is 0. The van der Waals surface area contributed by atoms with Crippen LogP contribution in [0.15, 0.2) is 6.33 Å². The maximum atomic E-state index is 11.1. The van der Waals surface area contributed by atoms with Gasteiger partial charge in [0.1, 0.15) is 5.52 Å². The van der Waals surface area contributed by atoms with Crippen LogP contribution in [0, 0.1) is 0 Å². The van der Waals surface area contributed by atoms with E-state index in [1.54, 1.807) is 0 Å². The highest BCUT2D eigenvalue weighted by Crippen LogP contribution is 2.16. The quantitative estimate of drug-likeness (QED) is 0.216. The Labute approximate surface area is 88.8 Å². The number of carbonyl (C=O) groups excluding carboxylic acids is 1. The first kappa shape index (κ1) is 10.1. The summed E-state index contributed by atoms with van der Waals surface area (Å²) < 4.78 is 0. The van der Waals surface area contributed by atoms with E-state index < -0.39 is 6.03 Å². The van der Waals surface area contributed by atoms with E-state index in [2.05, 4.69) is 19.9 Å². The lowest BCUT2D eigenvalue weighted by molar-refractivity contribution is 0.246. The van der Waals surface area contributed by atoms with Gasteiger partial charge in [0.15, 0.2) is 11.5 Å². The van der Waals surface area contributed by atoms with Crippen LogP contribution in [0.25, 0.3) is 11.2 Å². The van der Waals surface area contributed by atoms with Crippen LogP contribution in [0.1, 0.15) is 0 Å². The summed E-state index contributed by atoms with van der Waals surface area (Å²) in [5, 5.41) is 0.636. The summed E-state index contributed by atoms with van der Waals surface area (Å²) in [6.07, 6.45) is 1.41. The number of rotatable bonds is 1. The van der Waals surface area contributed by atoms with Gasteiger partial charge >= 0.3 is 6.03 Å². The number of nitrogens with two attached hydrogens (primary N) is 3. The van der Waals surface area contributed by atoms with Crippen LogP contribution < -0.4 is 27.9 Å². The number of fused-ring (bicyclic) bond motifs is 1. The number of H-pyrrole nitrogens is 1. The Morgan fingerprint density at radius 3 is 2.94 bits per heavy atom. The Hall–Kier alpha value is -2.46. The highest BCUT2D eigenvalue weighted by molar-refractivity contribution is 5.90. The third-order valence-electron chi connectivity index (χ3n) is 1.85. The molecule has 2 heterocycles. The summed E-state index contributed by atoms with van der Waals surface area (Å²) in [6, 6.07) is -0.765. The molecule has 84 valence electrons. The van der Waals surface area contributed by atoms with Gasteiger partial charge in [0, 0.05) is 0 Å². The molecule has 16 heavy (non-hydrogen) atoms. The van der Waals surface area contributed by atoms with Gasteiger partial charge in [0.05, 0.1) is 6.33 Å². The van der Waals surface area contributed by atoms with Crippen LogP contribution in [-0.2, 0) is 0 Å². The van der Waals surface area contributed by atoms with E-state index in [0.29, 0.717) is 16.2 Å². The number of carbonyl (C=O) groups is 1. The van der Waals surface area contributed by atoms with Crippen molar-refractivity contribution in [2.75, 3.05) is 10.7 Å². The number of aromatic amines is 1. The van der Waals surface area contributed by atoms with E-state index in [-0.39, 0.29) is 11.8 Å². The van der Waals surface area contributed by atoms with Crippen molar-refractivity contribution in [1.82, 2.24) is 25.4 Å². The fraction of sp³-hybridized carbons (Fsp3) is 0. The molecule has 0 aliphatic rings. The molecule has 2 amide bonds. The summed E-state index contributed by atoms with van der Waals surface area (Å²) in [6.45, 7) is 0. The van der Waals surface area contributed by atoms with Gasteiger partial charge in [-0.15, -0.1) is 0 Å². The predicted octanol–water partition coefficient (Wildman–Crippen LogP) is -1.80. The maximum Gasteiger partial charge on any atom is 0.353 e. The molecule has 2 rings (SSSR count). The van der Waals surface area contributed by atoms with Gasteiger partial charge in [-0.2, -0.15) is 15.0 Å². The van der Waals surface area contributed by atoms with E-state index in [1.165, 1.54) is 6.33 Å². The van der Waals surface area contributed by atoms with Gasteiger partial charge in [0.25, 0.3) is 5.95 Å². The Morgan fingerprint density at radius 2 is 2.25 bits per heavy atom. The van der Waals surface area contributed by atoms with E-state index in [1.807, 2.05) is 5.43 Å². The van der Waals surface area contributed by atoms with Gasteiger partial charge in [-0.1, -0.05) is 0 Å². The lowest BCUT2D eigenvalue weighted by Crippen LogP contribution is -2.48. The molecule has 8 N–H and O–H groups in total. The van der Waals surface area contributed by atoms with Crippen molar-refractivity contribution < 1.29 is 4.79 Å². The molecule has 2 aromatic heterocycles. The summed E-state index contributed by atoms with van der Waals surface area (Å²) in [5.74, 6) is 10.3. The van der Waals surface area contributed by atoms with Crippen molar-refractivity contribution in [2.24, 2.45) is 11.7 Å². The summed E-state index contributed by atoms with van der Waals surface area (Å²) >= 11 is 0. The summed E-state index contributed by atoms with van der Waals surface area (Å²) in [4.78, 5) is 25.5. The standard InChI is InChI=1S/C6H9N9O/c7-3-2-4(11-1-10-2)13-5(12-3)15(9)6(16)14-8/h1H,8-9H2,(H,14,16)(H3,7,10,11,12,13). The monoisotopic (exact) mass is 223 g/mol. The smallest absolute Gasteiger partial charge is 0.353 e. The number of hydrazine groups is 2. The van der Waals surface area contributed by atoms with E-state index in [0.717, 1.165) is 0 Å². The Morgan fingerprint density at radius 1 is 1.50 bits per heavy atom. The minimum absolute atomic E-state index is 0.0859. The predicted molar refractivity (Wildman–Crippen MR) is 55.5 cm³/mol. The molecule has 0 spiro atoms. The van der Waals surface area contributed by atoms with Crippen molar-refractivity contribution in [3.05, 3.63) is 6.33 Å². The van der Waals surface area contributed by atoms with Gasteiger partial charge in [0.2, 0.25) is 0 Å². The van der Waals surface area contributed by atoms with Crippen molar-refractivity contribution in [3.63, 3.8) is 0 Å². The molecular weight excluding hydrogens is 214 g/mol. The van der Waals surface area contributed by atoms with E-state index >= 15 is 0 Å². The SMILES string of the molecule is NNC(=O)N(N)c1nc(N)c2nc[nH]c2n1. The van der Waals surface area contributed by atoms with Crippen LogP contribution in [-0.4, -0.2) is 26.0 Å². The van der Waals surface area contributed by atoms with Gasteiger partial charge in [-0.05, 0) is 0 Å². The second-order valence-corrected chi connectivity index (χ2v) is 2.83. The first-order valence-corrected chi connectivity index (χ1v) is 4.15. The topological polar surface area (TPSA) is 165 Å². The molecule has 0 aliphatic heterocycles. The zero-order valence-electron chi connectivity index (χ0n) is 8.01. The molecule has 10 heteroatoms. The van der Waals surface area contributed by atoms with Crippen LogP contribution >= 0.6 is 0 Å². The molecule has 2 aromatic rings. The van der Waals surface area contributed by atoms with Gasteiger partial charge < -0.3 is 10.7 Å². The zero-order valence-corrected chi connectivity index (χ0v) is 8.01. The number of aromatic nitrogens is 4. The molecule has 10 nitrogen and oxygen atoms in total. The number of nitrogens with zero attached hydrogens (tertiary/aromatic N) is 4. The first-order valence-electron chi connectivity index (χ1n) is 4.15. The van der Waals surface area contributed by atoms with Crippen LogP contribution in [0.5, 0.6) is 0 Å². The van der Waals surface area contributed by atoms with Gasteiger partial charge in [-0.3, -0.25) is 5.43 Å². The third kappa shape index (κ3) is 1.47. The number of nitrogen functional groups attached to an aromatic ring is 1. The number of amides is 2. The minimum Gasteiger partial charge on any atom is -0.382 e. The van der Waals surface area contributed by atoms with Crippen LogP contribution in [0.2, 0.25) is 0 Å². The number of imidazole rings is 1. The van der Waals surface area contributed by atoms with Crippen molar-refractivity contribution in [1.29, 1.82) is 0 Å². The molecule has 0 aromatic carbocycles. The fourth-order valence-corrected chi connectivity index (χ4v) is 1.11. The normalized spacial score (nSPS) is 10.4. The molecule has 0 unspecified atom stereocenters. The maximum absolute atomic E-state index is 11.1. The van der Waals surface area contributed by atoms with E-state index in [9.17, 15) is 4.79 Å². The molecule has 0 saturated heterocycles. The lowest BCUT2D eigenvalue weighted by atomic mass is 10.5. The van der Waals surface area contributed by atoms with Crippen LogP contribution in [0.4, 0.5) is 16.6 Å². The molecule has 0 fully saturated rings. The number of urea groups is 1. The highest BCUT2D eigenvalue weighted by Gasteiger charge is 2.16. The average Bonchev–Trinajstić information content (AvgIpc) is 2.75. The first-order chi connectivity index (χ1) is 7.63. The third-order valence-corrected chi connectivity index (χ3v) is 1.85. The zero-order chi connectivity index (χ0) is 11.7. The largest absolute Gasteiger partial charge is 0.382 e. The second-order valence-electron chi connectivity index (χ2n) is 2.83. The average molecular weight is 223 g/mol. The number of nitrogens with one attached hydrogen (secondary N) is 2. The molecule has 0 bridgehead atoms. The minimum atomic E-state index is -0.765. The highest BCUT2D eigenvalue weighted by atomic mass is 16.2. The van der Waals surface area contributed by atoms with Crippen LogP contribution in [0.3, 0.4) is 0 Å². The van der Waals surface area contributed by atoms with Gasteiger partial charge in [-0.25, -0.2) is 21.5 Å².